The molecular formula is C15H24O2Si. The van der Waals surface area contributed by atoms with Crippen molar-refractivity contribution in [2.45, 2.75) is 51.2 Å². The van der Waals surface area contributed by atoms with Crippen LogP contribution in [-0.2, 0) is 4.79 Å². The predicted octanol–water partition coefficient (Wildman–Crippen LogP) is 4.01. The molecule has 0 aliphatic heterocycles. The molecule has 2 rings (SSSR count). The molecule has 0 saturated heterocycles. The Labute approximate surface area is 111 Å². The molecule has 0 aromatic carbocycles. The first-order valence-corrected chi connectivity index (χ1v) is 10.2. The van der Waals surface area contributed by atoms with Gasteiger partial charge in [0.1, 0.15) is 0 Å². The summed E-state index contributed by atoms with van der Waals surface area (Å²) in [5.41, 5.74) is 3.41. The third-order valence-electron chi connectivity index (χ3n) is 4.81. The molecule has 0 heterocycles. The third kappa shape index (κ3) is 2.61. The van der Waals surface area contributed by atoms with Crippen LogP contribution in [0, 0.1) is 11.8 Å². The van der Waals surface area contributed by atoms with Gasteiger partial charge in [0.15, 0.2) is 0 Å². The van der Waals surface area contributed by atoms with E-state index in [0.717, 1.165) is 17.4 Å². The monoisotopic (exact) mass is 264 g/mol. The highest BCUT2D eigenvalue weighted by atomic mass is 28.3. The van der Waals surface area contributed by atoms with E-state index in [1.807, 2.05) is 13.0 Å². The average molecular weight is 264 g/mol. The highest BCUT2D eigenvalue weighted by molar-refractivity contribution is 6.84. The lowest BCUT2D eigenvalue weighted by Gasteiger charge is -2.33. The summed E-state index contributed by atoms with van der Waals surface area (Å²) in [4.78, 5) is 11.2. The van der Waals surface area contributed by atoms with Crippen LogP contribution in [0.2, 0.25) is 18.6 Å². The van der Waals surface area contributed by atoms with E-state index >= 15 is 0 Å². The van der Waals surface area contributed by atoms with E-state index in [1.54, 1.807) is 6.08 Å². The quantitative estimate of drug-likeness (QED) is 0.473. The largest absolute Gasteiger partial charge is 0.478 e. The summed E-state index contributed by atoms with van der Waals surface area (Å²) in [5.74, 6) is 1.04. The van der Waals surface area contributed by atoms with Gasteiger partial charge in [0, 0.05) is 0 Å². The Hall–Kier alpha value is -0.833. The summed E-state index contributed by atoms with van der Waals surface area (Å²) in [6.07, 6.45) is 9.11. The van der Waals surface area contributed by atoms with Crippen LogP contribution in [0.1, 0.15) is 32.6 Å². The van der Waals surface area contributed by atoms with Gasteiger partial charge in [-0.25, -0.2) is 4.79 Å². The van der Waals surface area contributed by atoms with Crippen molar-refractivity contribution in [3.05, 3.63) is 23.4 Å². The summed E-state index contributed by atoms with van der Waals surface area (Å²) >= 11 is 0. The zero-order valence-electron chi connectivity index (χ0n) is 11.6. The summed E-state index contributed by atoms with van der Waals surface area (Å²) in [6.45, 7) is 6.55. The number of carboxylic acids is 1. The number of rotatable bonds is 4. The average Bonchev–Trinajstić information content (AvgIpc) is 2.90. The van der Waals surface area contributed by atoms with Gasteiger partial charge in [-0.05, 0) is 37.1 Å². The SMILES string of the molecule is CC=CC(=C[Si](C)(C)C1CC2CCC1C2)C(=O)O. The number of hydrogen-bond donors (Lipinski definition) is 1. The second-order valence-corrected chi connectivity index (χ2v) is 11.2. The van der Waals surface area contributed by atoms with E-state index in [2.05, 4.69) is 18.8 Å². The normalized spacial score (nSPS) is 32.4. The Morgan fingerprint density at radius 1 is 1.28 bits per heavy atom. The second-order valence-electron chi connectivity index (χ2n) is 6.51. The first-order chi connectivity index (χ1) is 8.44. The third-order valence-corrected chi connectivity index (χ3v) is 8.49. The van der Waals surface area contributed by atoms with Crippen LogP contribution < -0.4 is 0 Å². The van der Waals surface area contributed by atoms with Crippen molar-refractivity contribution in [2.75, 3.05) is 0 Å². The van der Waals surface area contributed by atoms with Crippen molar-refractivity contribution in [3.63, 3.8) is 0 Å². The maximum absolute atomic E-state index is 11.2. The fraction of sp³-hybridized carbons (Fsp3) is 0.667. The van der Waals surface area contributed by atoms with Gasteiger partial charge in [-0.15, -0.1) is 0 Å². The molecular weight excluding hydrogens is 240 g/mol. The minimum atomic E-state index is -1.58. The number of hydrogen-bond acceptors (Lipinski definition) is 1. The molecule has 3 heteroatoms. The van der Waals surface area contributed by atoms with Gasteiger partial charge in [0.2, 0.25) is 0 Å². The zero-order chi connectivity index (χ0) is 13.3. The van der Waals surface area contributed by atoms with Crippen LogP contribution >= 0.6 is 0 Å². The molecule has 3 unspecified atom stereocenters. The molecule has 2 bridgehead atoms. The smallest absolute Gasteiger partial charge is 0.334 e. The van der Waals surface area contributed by atoms with Crippen molar-refractivity contribution in [1.29, 1.82) is 0 Å². The molecule has 18 heavy (non-hydrogen) atoms. The van der Waals surface area contributed by atoms with E-state index in [9.17, 15) is 9.90 Å². The van der Waals surface area contributed by atoms with Crippen molar-refractivity contribution in [2.24, 2.45) is 11.8 Å². The van der Waals surface area contributed by atoms with E-state index in [1.165, 1.54) is 25.7 Å². The lowest BCUT2D eigenvalue weighted by atomic mass is 10.0. The van der Waals surface area contributed by atoms with Gasteiger partial charge < -0.3 is 5.11 Å². The van der Waals surface area contributed by atoms with Crippen LogP contribution in [-0.4, -0.2) is 19.1 Å². The molecule has 0 radical (unpaired) electrons. The van der Waals surface area contributed by atoms with Crippen molar-refractivity contribution in [1.82, 2.24) is 0 Å². The van der Waals surface area contributed by atoms with Crippen LogP contribution in [0.3, 0.4) is 0 Å². The molecule has 2 nitrogen and oxygen atoms in total. The highest BCUT2D eigenvalue weighted by Crippen LogP contribution is 2.55. The summed E-state index contributed by atoms with van der Waals surface area (Å²) in [7, 11) is -1.58. The Morgan fingerprint density at radius 2 is 2.00 bits per heavy atom. The maximum atomic E-state index is 11.2. The van der Waals surface area contributed by atoms with Crippen LogP contribution in [0.4, 0.5) is 0 Å². The van der Waals surface area contributed by atoms with Gasteiger partial charge in [-0.1, -0.05) is 43.8 Å². The molecule has 0 aromatic rings. The Kier molecular flexibility index (Phi) is 3.81. The topological polar surface area (TPSA) is 37.3 Å². The number of carboxylic acid groups (broad SMARTS) is 1. The number of carbonyl (C=O) groups is 1. The van der Waals surface area contributed by atoms with E-state index in [-0.39, 0.29) is 0 Å². The minimum Gasteiger partial charge on any atom is -0.478 e. The van der Waals surface area contributed by atoms with Gasteiger partial charge >= 0.3 is 5.97 Å². The summed E-state index contributed by atoms with van der Waals surface area (Å²) < 4.78 is 0. The molecule has 0 spiro atoms. The molecule has 100 valence electrons. The van der Waals surface area contributed by atoms with Crippen molar-refractivity contribution < 1.29 is 9.90 Å². The molecule has 0 amide bonds. The molecule has 1 N–H and O–H groups in total. The van der Waals surface area contributed by atoms with E-state index in [0.29, 0.717) is 5.57 Å². The summed E-state index contributed by atoms with van der Waals surface area (Å²) in [5, 5.41) is 9.25. The van der Waals surface area contributed by atoms with E-state index < -0.39 is 14.0 Å². The van der Waals surface area contributed by atoms with Crippen LogP contribution in [0.15, 0.2) is 23.4 Å². The molecule has 3 atom stereocenters. The maximum Gasteiger partial charge on any atom is 0.334 e. The number of fused-ring (bicyclic) bond motifs is 2. The molecule has 2 aliphatic rings. The Morgan fingerprint density at radius 3 is 2.44 bits per heavy atom. The van der Waals surface area contributed by atoms with Crippen molar-refractivity contribution in [3.8, 4) is 0 Å². The van der Waals surface area contributed by atoms with Crippen molar-refractivity contribution >= 4 is 14.0 Å². The number of allylic oxidation sites excluding steroid dienone is 1. The fourth-order valence-electron chi connectivity index (χ4n) is 4.02. The Balaban J connectivity index is 2.19. The second kappa shape index (κ2) is 5.04. The first-order valence-electron chi connectivity index (χ1n) is 7.03. The Bertz CT molecular complexity index is 395. The van der Waals surface area contributed by atoms with Crippen LogP contribution in [0.5, 0.6) is 0 Å². The predicted molar refractivity (Wildman–Crippen MR) is 77.2 cm³/mol. The molecule has 2 saturated carbocycles. The van der Waals surface area contributed by atoms with Gasteiger partial charge in [0.05, 0.1) is 13.6 Å². The summed E-state index contributed by atoms with van der Waals surface area (Å²) in [6, 6.07) is 0. The lowest BCUT2D eigenvalue weighted by Crippen LogP contribution is -2.34. The number of aliphatic carboxylic acids is 1. The van der Waals surface area contributed by atoms with Gasteiger partial charge in [-0.2, -0.15) is 0 Å². The molecule has 0 aromatic heterocycles. The molecule has 2 fully saturated rings. The zero-order valence-corrected chi connectivity index (χ0v) is 12.6. The minimum absolute atomic E-state index is 0.497. The van der Waals surface area contributed by atoms with Gasteiger partial charge in [-0.3, -0.25) is 0 Å². The van der Waals surface area contributed by atoms with E-state index in [4.69, 9.17) is 0 Å². The standard InChI is InChI=1S/C15H24O2Si/c1-4-5-13(15(16)17)10-18(2,3)14-9-11-6-7-12(14)8-11/h4-5,10-12,14H,6-9H2,1-3H3,(H,16,17). The van der Waals surface area contributed by atoms with Crippen LogP contribution in [0.25, 0.3) is 0 Å². The highest BCUT2D eigenvalue weighted by Gasteiger charge is 2.46. The fourth-order valence-corrected chi connectivity index (χ4v) is 7.72. The van der Waals surface area contributed by atoms with Gasteiger partial charge in [0.25, 0.3) is 0 Å². The lowest BCUT2D eigenvalue weighted by molar-refractivity contribution is -0.132. The first kappa shape index (κ1) is 13.6. The molecule has 2 aliphatic carbocycles.